The first-order chi connectivity index (χ1) is 9.60. The van der Waals surface area contributed by atoms with Crippen LogP contribution >= 0.6 is 11.6 Å². The summed E-state index contributed by atoms with van der Waals surface area (Å²) in [5.41, 5.74) is 1.49. The first-order valence-corrected chi connectivity index (χ1v) is 6.37. The number of alkyl halides is 2. The highest BCUT2D eigenvalue weighted by molar-refractivity contribution is 6.31. The molecule has 2 aromatic carbocycles. The van der Waals surface area contributed by atoms with Gasteiger partial charge in [0.2, 0.25) is 0 Å². The molecule has 0 aliphatic rings. The zero-order valence-electron chi connectivity index (χ0n) is 10.8. The van der Waals surface area contributed by atoms with Crippen LogP contribution in [0.15, 0.2) is 42.5 Å². The molecule has 0 aliphatic carbocycles. The van der Waals surface area contributed by atoms with Crippen LogP contribution in [0.2, 0.25) is 5.02 Å². The molecule has 0 saturated carbocycles. The monoisotopic (exact) mass is 294 g/mol. The van der Waals surface area contributed by atoms with E-state index >= 15 is 0 Å². The fraction of sp³-hybridized carbons (Fsp3) is 0.125. The fourth-order valence-corrected chi connectivity index (χ4v) is 1.94. The predicted octanol–water partition coefficient (Wildman–Crippen LogP) is 5.46. The summed E-state index contributed by atoms with van der Waals surface area (Å²) < 4.78 is 30.5. The van der Waals surface area contributed by atoms with Gasteiger partial charge in [-0.25, -0.2) is 8.78 Å². The molecule has 0 saturated heterocycles. The van der Waals surface area contributed by atoms with E-state index in [9.17, 15) is 8.78 Å². The van der Waals surface area contributed by atoms with Gasteiger partial charge in [0.05, 0.1) is 7.11 Å². The average molecular weight is 295 g/mol. The molecule has 4 heteroatoms. The van der Waals surface area contributed by atoms with Crippen molar-refractivity contribution in [3.63, 3.8) is 0 Å². The average Bonchev–Trinajstić information content (AvgIpc) is 2.46. The number of rotatable bonds is 4. The fourth-order valence-electron chi connectivity index (χ4n) is 1.74. The molecular formula is C16H13ClF2O. The van der Waals surface area contributed by atoms with Crippen LogP contribution in [0, 0.1) is 0 Å². The maximum absolute atomic E-state index is 12.7. The van der Waals surface area contributed by atoms with Gasteiger partial charge in [0, 0.05) is 10.6 Å². The molecule has 2 rings (SSSR count). The van der Waals surface area contributed by atoms with Gasteiger partial charge < -0.3 is 4.74 Å². The van der Waals surface area contributed by atoms with E-state index in [-0.39, 0.29) is 10.6 Å². The van der Waals surface area contributed by atoms with Crippen molar-refractivity contribution < 1.29 is 13.5 Å². The largest absolute Gasteiger partial charge is 0.497 e. The van der Waals surface area contributed by atoms with Crippen LogP contribution in [0.5, 0.6) is 5.75 Å². The Morgan fingerprint density at radius 2 is 1.60 bits per heavy atom. The van der Waals surface area contributed by atoms with E-state index in [1.165, 1.54) is 12.1 Å². The lowest BCUT2D eigenvalue weighted by Crippen LogP contribution is -1.87. The summed E-state index contributed by atoms with van der Waals surface area (Å²) in [4.78, 5) is 0. The van der Waals surface area contributed by atoms with Crippen molar-refractivity contribution in [2.24, 2.45) is 0 Å². The quantitative estimate of drug-likeness (QED) is 0.681. The highest BCUT2D eigenvalue weighted by Gasteiger charge is 2.11. The molecule has 0 heterocycles. The van der Waals surface area contributed by atoms with E-state index in [4.69, 9.17) is 16.3 Å². The van der Waals surface area contributed by atoms with Gasteiger partial charge in [0.1, 0.15) is 5.75 Å². The highest BCUT2D eigenvalue weighted by Crippen LogP contribution is 2.28. The van der Waals surface area contributed by atoms with Crippen molar-refractivity contribution in [2.75, 3.05) is 7.11 Å². The Balaban J connectivity index is 2.20. The minimum Gasteiger partial charge on any atom is -0.497 e. The Labute approximate surface area is 121 Å². The van der Waals surface area contributed by atoms with Gasteiger partial charge in [-0.2, -0.15) is 0 Å². The molecule has 1 nitrogen and oxygen atoms in total. The minimum atomic E-state index is -2.57. The topological polar surface area (TPSA) is 9.23 Å². The molecule has 0 N–H and O–H groups in total. The second-order valence-electron chi connectivity index (χ2n) is 4.19. The van der Waals surface area contributed by atoms with Gasteiger partial charge in [-0.1, -0.05) is 42.0 Å². The van der Waals surface area contributed by atoms with Crippen molar-refractivity contribution in [2.45, 2.75) is 6.43 Å². The Kier molecular flexibility index (Phi) is 4.74. The molecule has 0 amide bonds. The molecule has 2 aromatic rings. The second-order valence-corrected chi connectivity index (χ2v) is 4.60. The smallest absolute Gasteiger partial charge is 0.265 e. The molecule has 0 aliphatic heterocycles. The van der Waals surface area contributed by atoms with Gasteiger partial charge in [-0.3, -0.25) is 0 Å². The van der Waals surface area contributed by atoms with Crippen LogP contribution in [0.1, 0.15) is 23.1 Å². The summed E-state index contributed by atoms with van der Waals surface area (Å²) in [7, 11) is 1.60. The number of halogens is 3. The Morgan fingerprint density at radius 3 is 2.20 bits per heavy atom. The van der Waals surface area contributed by atoms with Crippen LogP contribution in [0.4, 0.5) is 8.78 Å². The van der Waals surface area contributed by atoms with Crippen LogP contribution in [-0.2, 0) is 0 Å². The summed E-state index contributed by atoms with van der Waals surface area (Å²) in [5.74, 6) is 0.772. The van der Waals surface area contributed by atoms with E-state index in [1.54, 1.807) is 19.3 Å². The number of hydrogen-bond acceptors (Lipinski definition) is 1. The molecule has 0 bridgehead atoms. The van der Waals surface area contributed by atoms with Crippen LogP contribution < -0.4 is 4.74 Å². The minimum absolute atomic E-state index is 0.0848. The lowest BCUT2D eigenvalue weighted by molar-refractivity contribution is 0.151. The Morgan fingerprint density at radius 1 is 1.00 bits per heavy atom. The van der Waals surface area contributed by atoms with E-state index in [2.05, 4.69) is 0 Å². The maximum atomic E-state index is 12.7. The lowest BCUT2D eigenvalue weighted by Gasteiger charge is -2.04. The van der Waals surface area contributed by atoms with Crippen molar-refractivity contribution in [1.29, 1.82) is 0 Å². The zero-order valence-corrected chi connectivity index (χ0v) is 11.6. The third-order valence-corrected chi connectivity index (χ3v) is 3.18. The van der Waals surface area contributed by atoms with Crippen molar-refractivity contribution in [3.05, 3.63) is 64.2 Å². The zero-order chi connectivity index (χ0) is 14.5. The molecule has 104 valence electrons. The molecule has 0 radical (unpaired) electrons. The first kappa shape index (κ1) is 14.5. The van der Waals surface area contributed by atoms with Crippen molar-refractivity contribution in [3.8, 4) is 5.75 Å². The number of benzene rings is 2. The standard InChI is InChI=1S/C16H13ClF2O/c1-20-13-7-4-11(5-8-13)2-3-12-6-9-15(17)14(10-12)16(18)19/h2-10,16H,1H3. The SMILES string of the molecule is COc1ccc(C=Cc2ccc(Cl)c(C(F)F)c2)cc1. The maximum Gasteiger partial charge on any atom is 0.265 e. The van der Waals surface area contributed by atoms with Gasteiger partial charge >= 0.3 is 0 Å². The Bertz CT molecular complexity index is 606. The van der Waals surface area contributed by atoms with E-state index in [0.717, 1.165) is 11.3 Å². The number of ether oxygens (including phenoxy) is 1. The molecule has 0 aromatic heterocycles. The summed E-state index contributed by atoms with van der Waals surface area (Å²) in [6.45, 7) is 0. The van der Waals surface area contributed by atoms with Crippen molar-refractivity contribution >= 4 is 23.8 Å². The molecule has 0 fully saturated rings. The van der Waals surface area contributed by atoms with Gasteiger partial charge in [0.25, 0.3) is 6.43 Å². The van der Waals surface area contributed by atoms with E-state index in [0.29, 0.717) is 5.56 Å². The van der Waals surface area contributed by atoms with Crippen LogP contribution in [0.25, 0.3) is 12.2 Å². The summed E-state index contributed by atoms with van der Waals surface area (Å²) in [6, 6.07) is 12.0. The third-order valence-electron chi connectivity index (χ3n) is 2.84. The van der Waals surface area contributed by atoms with Crippen LogP contribution in [-0.4, -0.2) is 7.11 Å². The molecule has 20 heavy (non-hydrogen) atoms. The Hall–Kier alpha value is -1.87. The normalized spacial score (nSPS) is 11.2. The molecule has 0 unspecified atom stereocenters. The van der Waals surface area contributed by atoms with Gasteiger partial charge in [-0.05, 0) is 35.4 Å². The molecule has 0 atom stereocenters. The molecular weight excluding hydrogens is 282 g/mol. The number of methoxy groups -OCH3 is 1. The van der Waals surface area contributed by atoms with Crippen LogP contribution in [0.3, 0.4) is 0 Å². The van der Waals surface area contributed by atoms with E-state index < -0.39 is 6.43 Å². The highest BCUT2D eigenvalue weighted by atomic mass is 35.5. The third kappa shape index (κ3) is 3.58. The van der Waals surface area contributed by atoms with Gasteiger partial charge in [0.15, 0.2) is 0 Å². The molecule has 0 spiro atoms. The summed E-state index contributed by atoms with van der Waals surface area (Å²) >= 11 is 5.72. The first-order valence-electron chi connectivity index (χ1n) is 6.00. The number of hydrogen-bond donors (Lipinski definition) is 0. The summed E-state index contributed by atoms with van der Waals surface area (Å²) in [6.07, 6.45) is 1.04. The predicted molar refractivity (Wildman–Crippen MR) is 78.3 cm³/mol. The van der Waals surface area contributed by atoms with Crippen molar-refractivity contribution in [1.82, 2.24) is 0 Å². The van der Waals surface area contributed by atoms with Gasteiger partial charge in [-0.15, -0.1) is 0 Å². The second kappa shape index (κ2) is 6.53. The lowest BCUT2D eigenvalue weighted by atomic mass is 10.1. The van der Waals surface area contributed by atoms with E-state index in [1.807, 2.05) is 30.3 Å². The summed E-state index contributed by atoms with van der Waals surface area (Å²) in [5, 5.41) is 0.0848.